The summed E-state index contributed by atoms with van der Waals surface area (Å²) in [4.78, 5) is 0. The second kappa shape index (κ2) is 16.3. The van der Waals surface area contributed by atoms with Crippen LogP contribution in [0.3, 0.4) is 0 Å². The Morgan fingerprint density at radius 2 is 0.579 bits per heavy atom. The van der Waals surface area contributed by atoms with E-state index in [1.165, 1.54) is 116 Å². The molecule has 12 unspecified atom stereocenters. The van der Waals surface area contributed by atoms with E-state index in [9.17, 15) is 0 Å². The van der Waals surface area contributed by atoms with E-state index in [2.05, 4.69) is 27.7 Å². The molecule has 0 radical (unpaired) electrons. The van der Waals surface area contributed by atoms with Gasteiger partial charge < -0.3 is 22.9 Å². The van der Waals surface area contributed by atoms with Gasteiger partial charge in [-0.1, -0.05) is 53.4 Å². The molecule has 0 saturated heterocycles. The fraction of sp³-hybridized carbons (Fsp3) is 1.00. The van der Waals surface area contributed by atoms with Crippen molar-refractivity contribution >= 4 is 0 Å². The first-order valence-corrected chi connectivity index (χ1v) is 17.3. The first-order chi connectivity index (χ1) is 18.3. The molecule has 4 rings (SSSR count). The minimum Gasteiger partial charge on any atom is -0.327 e. The third-order valence-corrected chi connectivity index (χ3v) is 12.0. The van der Waals surface area contributed by atoms with Crippen LogP contribution in [0.25, 0.3) is 0 Å². The first kappa shape index (κ1) is 32.4. The van der Waals surface area contributed by atoms with Gasteiger partial charge in [-0.3, -0.25) is 0 Å². The van der Waals surface area contributed by atoms with Gasteiger partial charge in [0, 0.05) is 24.2 Å². The fourth-order valence-electron chi connectivity index (χ4n) is 9.22. The molecule has 4 nitrogen and oxygen atoms in total. The summed E-state index contributed by atoms with van der Waals surface area (Å²) in [6.45, 7) is 9.22. The molecule has 0 aliphatic heterocycles. The van der Waals surface area contributed by atoms with E-state index in [0.717, 1.165) is 47.3 Å². The Bertz CT molecular complexity index is 534. The molecular weight excluding hydrogens is 464 g/mol. The molecule has 0 bridgehead atoms. The molecule has 4 fully saturated rings. The smallest absolute Gasteiger partial charge is 0.00672 e. The van der Waals surface area contributed by atoms with Gasteiger partial charge in [-0.05, 0) is 137 Å². The van der Waals surface area contributed by atoms with Gasteiger partial charge in [-0.25, -0.2) is 0 Å². The second-order valence-electron chi connectivity index (χ2n) is 14.5. The zero-order chi connectivity index (χ0) is 27.7. The molecule has 0 amide bonds. The molecule has 4 aliphatic carbocycles. The summed E-state index contributed by atoms with van der Waals surface area (Å²) in [5, 5.41) is 0. The van der Waals surface area contributed by atoms with E-state index in [1.807, 2.05) is 0 Å². The van der Waals surface area contributed by atoms with Gasteiger partial charge in [0.1, 0.15) is 0 Å². The number of hydrogen-bond acceptors (Lipinski definition) is 4. The zero-order valence-electron chi connectivity index (χ0n) is 26.0. The van der Waals surface area contributed by atoms with Crippen molar-refractivity contribution in [3.8, 4) is 0 Å². The molecule has 4 aliphatic rings. The van der Waals surface area contributed by atoms with Crippen molar-refractivity contribution in [2.45, 2.75) is 167 Å². The van der Waals surface area contributed by atoms with Gasteiger partial charge in [0.2, 0.25) is 0 Å². The van der Waals surface area contributed by atoms with Crippen LogP contribution in [-0.4, -0.2) is 24.2 Å². The Morgan fingerprint density at radius 1 is 0.368 bits per heavy atom. The normalized spacial score (nSPS) is 44.2. The maximum absolute atomic E-state index is 6.23. The van der Waals surface area contributed by atoms with E-state index < -0.39 is 0 Å². The third kappa shape index (κ3) is 9.45. The van der Waals surface area contributed by atoms with Gasteiger partial charge in [0.05, 0.1) is 0 Å². The predicted octanol–water partition coefficient (Wildman–Crippen LogP) is 7.37. The zero-order valence-corrected chi connectivity index (χ0v) is 26.0. The highest BCUT2D eigenvalue weighted by molar-refractivity contribution is 4.88. The van der Waals surface area contributed by atoms with Crippen LogP contribution in [0.4, 0.5) is 0 Å². The Labute approximate surface area is 237 Å². The molecule has 8 N–H and O–H groups in total. The minimum absolute atomic E-state index is 0.476. The van der Waals surface area contributed by atoms with Gasteiger partial charge in [-0.15, -0.1) is 0 Å². The summed E-state index contributed by atoms with van der Waals surface area (Å²) < 4.78 is 0. The van der Waals surface area contributed by atoms with Crippen LogP contribution in [0.1, 0.15) is 143 Å². The molecule has 0 spiro atoms. The van der Waals surface area contributed by atoms with Crippen LogP contribution in [-0.2, 0) is 0 Å². The standard InChI is InChI=1S/2C17H34N2/c2*1-3-14-10-12(5-7-16(14)18)9-13-6-8-17(19)15(4-2)11-13/h2*12-17H,3-11,18-19H2,1-2H3. The highest BCUT2D eigenvalue weighted by atomic mass is 14.7. The van der Waals surface area contributed by atoms with E-state index in [1.54, 1.807) is 0 Å². The van der Waals surface area contributed by atoms with Crippen molar-refractivity contribution in [3.63, 3.8) is 0 Å². The van der Waals surface area contributed by atoms with Gasteiger partial charge in [-0.2, -0.15) is 0 Å². The van der Waals surface area contributed by atoms with Crippen LogP contribution < -0.4 is 22.9 Å². The quantitative estimate of drug-likeness (QED) is 0.262. The van der Waals surface area contributed by atoms with Crippen LogP contribution in [0.15, 0.2) is 0 Å². The van der Waals surface area contributed by atoms with Gasteiger partial charge >= 0.3 is 0 Å². The summed E-state index contributed by atoms with van der Waals surface area (Å²) in [6.07, 6.45) is 24.0. The van der Waals surface area contributed by atoms with Gasteiger partial charge in [0.25, 0.3) is 0 Å². The average molecular weight is 533 g/mol. The Kier molecular flexibility index (Phi) is 13.9. The molecule has 0 heterocycles. The molecule has 12 atom stereocenters. The lowest BCUT2D eigenvalue weighted by Gasteiger charge is -2.38. The fourth-order valence-corrected chi connectivity index (χ4v) is 9.22. The summed E-state index contributed by atoms with van der Waals surface area (Å²) in [6, 6.07) is 1.91. The minimum atomic E-state index is 0.476. The lowest BCUT2D eigenvalue weighted by Crippen LogP contribution is -2.38. The van der Waals surface area contributed by atoms with Crippen molar-refractivity contribution in [1.82, 2.24) is 0 Å². The number of hydrogen-bond donors (Lipinski definition) is 4. The van der Waals surface area contributed by atoms with E-state index in [-0.39, 0.29) is 0 Å². The maximum atomic E-state index is 6.23. The van der Waals surface area contributed by atoms with E-state index >= 15 is 0 Å². The van der Waals surface area contributed by atoms with Crippen molar-refractivity contribution in [2.75, 3.05) is 0 Å². The van der Waals surface area contributed by atoms with Gasteiger partial charge in [0.15, 0.2) is 0 Å². The van der Waals surface area contributed by atoms with E-state index in [0.29, 0.717) is 24.2 Å². The van der Waals surface area contributed by atoms with Crippen LogP contribution >= 0.6 is 0 Å². The Morgan fingerprint density at radius 3 is 0.763 bits per heavy atom. The lowest BCUT2D eigenvalue weighted by atomic mass is 9.69. The monoisotopic (exact) mass is 533 g/mol. The molecule has 0 aromatic heterocycles. The Balaban J connectivity index is 0.000000211. The Hall–Kier alpha value is -0.160. The van der Waals surface area contributed by atoms with Crippen LogP contribution in [0.5, 0.6) is 0 Å². The molecule has 0 aromatic rings. The van der Waals surface area contributed by atoms with E-state index in [4.69, 9.17) is 22.9 Å². The van der Waals surface area contributed by atoms with Crippen molar-refractivity contribution < 1.29 is 0 Å². The van der Waals surface area contributed by atoms with Crippen molar-refractivity contribution in [2.24, 2.45) is 70.3 Å². The highest BCUT2D eigenvalue weighted by Crippen LogP contribution is 2.41. The maximum Gasteiger partial charge on any atom is 0.00672 e. The molecule has 4 saturated carbocycles. The first-order valence-electron chi connectivity index (χ1n) is 17.3. The number of rotatable bonds is 8. The summed E-state index contributed by atoms with van der Waals surface area (Å²) in [5.41, 5.74) is 24.9. The lowest BCUT2D eigenvalue weighted by molar-refractivity contribution is 0.154. The summed E-state index contributed by atoms with van der Waals surface area (Å²) in [7, 11) is 0. The third-order valence-electron chi connectivity index (χ3n) is 12.0. The van der Waals surface area contributed by atoms with Crippen LogP contribution in [0.2, 0.25) is 0 Å². The highest BCUT2D eigenvalue weighted by Gasteiger charge is 2.33. The largest absolute Gasteiger partial charge is 0.327 e. The molecule has 224 valence electrons. The topological polar surface area (TPSA) is 104 Å². The SMILES string of the molecule is CCC1CC(CC2CCC(N)C(CC)C2)CCC1N.CCC1CC(CC2CCC(N)C(CC)C2)CCC1N. The molecule has 0 aromatic carbocycles. The average Bonchev–Trinajstić information content (AvgIpc) is 2.93. The van der Waals surface area contributed by atoms with Crippen LogP contribution in [0, 0.1) is 47.3 Å². The predicted molar refractivity (Wildman–Crippen MR) is 166 cm³/mol. The van der Waals surface area contributed by atoms with Crippen molar-refractivity contribution in [1.29, 1.82) is 0 Å². The van der Waals surface area contributed by atoms with Crippen molar-refractivity contribution in [3.05, 3.63) is 0 Å². The molecule has 4 heteroatoms. The molecule has 38 heavy (non-hydrogen) atoms. The summed E-state index contributed by atoms with van der Waals surface area (Å²) in [5.74, 6) is 6.92. The summed E-state index contributed by atoms with van der Waals surface area (Å²) >= 11 is 0. The second-order valence-corrected chi connectivity index (χ2v) is 14.5. The molecular formula is C34H68N4. The number of nitrogens with two attached hydrogens (primary N) is 4.